The van der Waals surface area contributed by atoms with E-state index in [9.17, 15) is 19.2 Å². The number of aromatic nitrogens is 3. The molecule has 1 aromatic carbocycles. The highest BCUT2D eigenvalue weighted by atomic mass is 19.1. The molecular weight excluding hydrogens is 687 g/mol. The summed E-state index contributed by atoms with van der Waals surface area (Å²) < 4.78 is 31.9. The van der Waals surface area contributed by atoms with E-state index in [2.05, 4.69) is 43.1 Å². The Hall–Kier alpha value is -5.12. The van der Waals surface area contributed by atoms with Crippen molar-refractivity contribution < 1.29 is 37.7 Å². The van der Waals surface area contributed by atoms with Crippen LogP contribution in [-0.4, -0.2) is 107 Å². The molecule has 3 aromatic rings. The number of aryl methyl sites for hydroxylation is 1. The number of nitrogens with zero attached hydrogens (tertiary/aromatic N) is 5. The van der Waals surface area contributed by atoms with Gasteiger partial charge in [-0.2, -0.15) is 0 Å². The molecule has 0 unspecified atom stereocenters. The van der Waals surface area contributed by atoms with Gasteiger partial charge in [0.05, 0.1) is 11.3 Å². The normalized spacial score (nSPS) is 20.5. The Morgan fingerprint density at radius 2 is 1.70 bits per heavy atom. The van der Waals surface area contributed by atoms with Crippen molar-refractivity contribution in [3.05, 3.63) is 58.8 Å². The van der Waals surface area contributed by atoms with Crippen molar-refractivity contribution >= 4 is 29.3 Å². The standard InChI is InChI=1S/C37H47FN8O7/c1-5-27-31(44-53-43-27)35(49)42-30(23-8-6-21(2)7-9-23)34(48)40-28-11-10-24(20-26(28)38)22(3)29(37(50)46-16-14-45(4)15-17-46)41-33(47)25-12-13-39-36-32(25)51-18-19-52-36/h10-13,20-23,29-30H,5-9,14-19H2,1-4H3,(H,40,48)(H,41,47)(H,42,49)/t21-,22-,23-,29+,30-/m0/s1. The molecule has 3 N–H and O–H groups in total. The largest absolute Gasteiger partial charge is 0.484 e. The van der Waals surface area contributed by atoms with E-state index < -0.39 is 41.5 Å². The van der Waals surface area contributed by atoms with Crippen LogP contribution in [0.15, 0.2) is 35.1 Å². The number of piperazine rings is 1. The highest BCUT2D eigenvalue weighted by molar-refractivity contribution is 6.01. The first kappa shape index (κ1) is 37.6. The Morgan fingerprint density at radius 3 is 2.42 bits per heavy atom. The molecule has 15 nitrogen and oxygen atoms in total. The van der Waals surface area contributed by atoms with Crippen molar-refractivity contribution in [1.82, 2.24) is 35.7 Å². The van der Waals surface area contributed by atoms with Gasteiger partial charge in [0.15, 0.2) is 11.4 Å². The van der Waals surface area contributed by atoms with Crippen molar-refractivity contribution in [2.75, 3.05) is 51.8 Å². The summed E-state index contributed by atoms with van der Waals surface area (Å²) in [5.74, 6) is -2.70. The van der Waals surface area contributed by atoms with E-state index in [0.717, 1.165) is 12.8 Å². The average molecular weight is 735 g/mol. The molecular formula is C37H47FN8O7. The topological polar surface area (TPSA) is 181 Å². The number of pyridine rings is 1. The summed E-state index contributed by atoms with van der Waals surface area (Å²) in [6.45, 7) is 8.53. The Labute approximate surface area is 307 Å². The molecule has 53 heavy (non-hydrogen) atoms. The number of hydrogen-bond acceptors (Lipinski definition) is 11. The fourth-order valence-electron chi connectivity index (χ4n) is 7.13. The Morgan fingerprint density at radius 1 is 0.962 bits per heavy atom. The number of anilines is 1. The second-order valence-corrected chi connectivity index (χ2v) is 14.2. The number of halogens is 1. The number of likely N-dealkylation sites (N-methyl/N-ethyl adjacent to an activating group) is 1. The van der Waals surface area contributed by atoms with Crippen molar-refractivity contribution in [2.45, 2.75) is 70.9 Å². The lowest BCUT2D eigenvalue weighted by Gasteiger charge is -2.36. The quantitative estimate of drug-likeness (QED) is 0.263. The monoisotopic (exact) mass is 734 g/mol. The summed E-state index contributed by atoms with van der Waals surface area (Å²) in [4.78, 5) is 62.8. The molecule has 2 aromatic heterocycles. The molecule has 284 valence electrons. The lowest BCUT2D eigenvalue weighted by Crippen LogP contribution is -2.55. The van der Waals surface area contributed by atoms with Crippen molar-refractivity contribution in [1.29, 1.82) is 0 Å². The van der Waals surface area contributed by atoms with Crippen molar-refractivity contribution in [3.63, 3.8) is 0 Å². The number of benzene rings is 1. The maximum atomic E-state index is 15.9. The van der Waals surface area contributed by atoms with Gasteiger partial charge in [-0.1, -0.05) is 44.8 Å². The number of nitrogens with one attached hydrogen (secondary N) is 3. The van der Waals surface area contributed by atoms with Crippen LogP contribution in [0.3, 0.4) is 0 Å². The van der Waals surface area contributed by atoms with Crippen LogP contribution in [0.4, 0.5) is 10.1 Å². The van der Waals surface area contributed by atoms with Gasteiger partial charge in [-0.15, -0.1) is 0 Å². The van der Waals surface area contributed by atoms with Crippen LogP contribution in [0.1, 0.15) is 84.5 Å². The first-order valence-corrected chi connectivity index (χ1v) is 18.3. The summed E-state index contributed by atoms with van der Waals surface area (Å²) in [5.41, 5.74) is 0.899. The number of fused-ring (bicyclic) bond motifs is 1. The zero-order valence-electron chi connectivity index (χ0n) is 30.5. The van der Waals surface area contributed by atoms with Crippen LogP contribution in [0.25, 0.3) is 0 Å². The van der Waals surface area contributed by atoms with Gasteiger partial charge in [-0.25, -0.2) is 14.0 Å². The Balaban J connectivity index is 1.22. The van der Waals surface area contributed by atoms with Gasteiger partial charge in [-0.3, -0.25) is 19.2 Å². The molecule has 1 saturated carbocycles. The highest BCUT2D eigenvalue weighted by Gasteiger charge is 2.36. The minimum Gasteiger partial charge on any atom is -0.484 e. The molecule has 3 aliphatic rings. The molecule has 16 heteroatoms. The first-order valence-electron chi connectivity index (χ1n) is 18.3. The summed E-state index contributed by atoms with van der Waals surface area (Å²) in [5, 5.41) is 15.9. The van der Waals surface area contributed by atoms with E-state index in [0.29, 0.717) is 69.2 Å². The number of ether oxygens (including phenoxy) is 2. The van der Waals surface area contributed by atoms with Crippen LogP contribution in [0.5, 0.6) is 11.6 Å². The van der Waals surface area contributed by atoms with Crippen LogP contribution >= 0.6 is 0 Å². The molecule has 4 heterocycles. The van der Waals surface area contributed by atoms with Gasteiger partial charge in [-0.05, 0) is 67.1 Å². The number of hydrogen-bond donors (Lipinski definition) is 3. The molecule has 2 aliphatic heterocycles. The fraction of sp³-hybridized carbons (Fsp3) is 0.541. The second kappa shape index (κ2) is 16.7. The summed E-state index contributed by atoms with van der Waals surface area (Å²) >= 11 is 0. The van der Waals surface area contributed by atoms with Gasteiger partial charge in [0.2, 0.25) is 11.8 Å². The minimum absolute atomic E-state index is 0.0106. The summed E-state index contributed by atoms with van der Waals surface area (Å²) in [6.07, 6.45) is 5.07. The molecule has 4 amide bonds. The van der Waals surface area contributed by atoms with E-state index in [1.54, 1.807) is 17.9 Å². The minimum atomic E-state index is -1.06. The van der Waals surface area contributed by atoms with E-state index in [1.165, 1.54) is 24.4 Å². The van der Waals surface area contributed by atoms with Crippen LogP contribution in [-0.2, 0) is 16.0 Å². The number of carbonyl (C=O) groups excluding carboxylic acids is 4. The molecule has 1 saturated heterocycles. The van der Waals surface area contributed by atoms with Crippen LogP contribution < -0.4 is 25.4 Å². The van der Waals surface area contributed by atoms with E-state index >= 15 is 4.39 Å². The third kappa shape index (κ3) is 8.58. The zero-order chi connectivity index (χ0) is 37.6. The molecule has 3 atom stereocenters. The Kier molecular flexibility index (Phi) is 11.9. The highest BCUT2D eigenvalue weighted by Crippen LogP contribution is 2.33. The molecule has 0 radical (unpaired) electrons. The van der Waals surface area contributed by atoms with Gasteiger partial charge >= 0.3 is 0 Å². The summed E-state index contributed by atoms with van der Waals surface area (Å²) in [7, 11) is 1.98. The molecule has 2 fully saturated rings. The first-order chi connectivity index (χ1) is 25.5. The third-order valence-electron chi connectivity index (χ3n) is 10.5. The SMILES string of the molecule is CCc1nonc1C(=O)N[C@H](C(=O)Nc1ccc([C@H](C)[C@@H](NC(=O)c2ccnc3c2OCCO3)C(=O)N2CCN(C)CC2)cc1F)[C@H]1CC[C@H](C)CC1. The number of carbonyl (C=O) groups is 4. The maximum absolute atomic E-state index is 15.9. The lowest BCUT2D eigenvalue weighted by atomic mass is 9.79. The van der Waals surface area contributed by atoms with Gasteiger partial charge in [0.25, 0.3) is 17.7 Å². The van der Waals surface area contributed by atoms with Crippen LogP contribution in [0.2, 0.25) is 0 Å². The van der Waals surface area contributed by atoms with E-state index in [-0.39, 0.29) is 47.0 Å². The Bertz CT molecular complexity index is 1800. The smallest absolute Gasteiger partial charge is 0.276 e. The van der Waals surface area contributed by atoms with E-state index in [4.69, 9.17) is 14.1 Å². The molecule has 0 spiro atoms. The third-order valence-corrected chi connectivity index (χ3v) is 10.5. The van der Waals surface area contributed by atoms with Gasteiger partial charge in [0.1, 0.15) is 36.8 Å². The predicted molar refractivity (Wildman–Crippen MR) is 190 cm³/mol. The molecule has 0 bridgehead atoms. The molecule has 6 rings (SSSR count). The summed E-state index contributed by atoms with van der Waals surface area (Å²) in [6, 6.07) is 3.79. The van der Waals surface area contributed by atoms with Crippen molar-refractivity contribution in [2.24, 2.45) is 11.8 Å². The number of amides is 4. The van der Waals surface area contributed by atoms with Gasteiger partial charge < -0.3 is 35.2 Å². The van der Waals surface area contributed by atoms with Crippen molar-refractivity contribution in [3.8, 4) is 11.6 Å². The fourth-order valence-corrected chi connectivity index (χ4v) is 7.13. The number of rotatable bonds is 11. The molecule has 1 aliphatic carbocycles. The lowest BCUT2D eigenvalue weighted by molar-refractivity contribution is -0.135. The van der Waals surface area contributed by atoms with Crippen LogP contribution in [0, 0.1) is 17.7 Å². The second-order valence-electron chi connectivity index (χ2n) is 14.2. The zero-order valence-corrected chi connectivity index (χ0v) is 30.5. The maximum Gasteiger partial charge on any atom is 0.276 e. The predicted octanol–water partition coefficient (Wildman–Crippen LogP) is 3.18. The van der Waals surface area contributed by atoms with E-state index in [1.807, 2.05) is 14.0 Å². The van der Waals surface area contributed by atoms with Gasteiger partial charge in [0, 0.05) is 38.3 Å². The average Bonchev–Trinajstić information content (AvgIpc) is 3.66.